The number of carbonyl (C=O) groups excluding carboxylic acids is 1. The fraction of sp³-hybridized carbons (Fsp3) is 0.400. The van der Waals surface area contributed by atoms with Crippen LogP contribution in [-0.4, -0.2) is 41.7 Å². The Morgan fingerprint density at radius 1 is 1.37 bits per heavy atom. The predicted octanol–water partition coefficient (Wildman–Crippen LogP) is 0.594. The van der Waals surface area contributed by atoms with Crippen molar-refractivity contribution in [1.82, 2.24) is 4.90 Å². The van der Waals surface area contributed by atoms with Crippen molar-refractivity contribution < 1.29 is 9.90 Å². The summed E-state index contributed by atoms with van der Waals surface area (Å²) in [4.78, 5) is 14.2. The number of aliphatic hydroxyl groups excluding tert-OH is 1. The van der Waals surface area contributed by atoms with Gasteiger partial charge in [0.05, 0.1) is 18.2 Å². The van der Waals surface area contributed by atoms with Crippen LogP contribution in [0.1, 0.15) is 28.8 Å². The van der Waals surface area contributed by atoms with E-state index >= 15 is 0 Å². The van der Waals surface area contributed by atoms with E-state index in [0.29, 0.717) is 37.1 Å². The maximum atomic E-state index is 12.4. The van der Waals surface area contributed by atoms with Crippen molar-refractivity contribution in [3.63, 3.8) is 0 Å². The van der Waals surface area contributed by atoms with Crippen molar-refractivity contribution in [2.75, 3.05) is 19.6 Å². The van der Waals surface area contributed by atoms with Gasteiger partial charge in [-0.2, -0.15) is 0 Å². The lowest BCUT2D eigenvalue weighted by Crippen LogP contribution is -2.40. The first-order valence-corrected chi connectivity index (χ1v) is 6.47. The maximum Gasteiger partial charge on any atom is 0.255 e. The largest absolute Gasteiger partial charge is 0.393 e. The number of hydrogen-bond donors (Lipinski definition) is 2. The van der Waals surface area contributed by atoms with Crippen molar-refractivity contribution >= 4 is 5.91 Å². The second-order valence-electron chi connectivity index (χ2n) is 4.57. The monoisotopic (exact) mass is 258 g/mol. The molecule has 0 unspecified atom stereocenters. The fourth-order valence-corrected chi connectivity index (χ4v) is 2.16. The number of likely N-dealkylation sites (tertiary alicyclic amines) is 1. The van der Waals surface area contributed by atoms with Crippen LogP contribution in [0.3, 0.4) is 0 Å². The molecule has 100 valence electrons. The highest BCUT2D eigenvalue weighted by Gasteiger charge is 2.23. The first kappa shape index (κ1) is 13.6. The van der Waals surface area contributed by atoms with Crippen molar-refractivity contribution in [2.45, 2.75) is 18.9 Å². The summed E-state index contributed by atoms with van der Waals surface area (Å²) in [5.74, 6) is 5.69. The number of aliphatic hydroxyl groups is 1. The highest BCUT2D eigenvalue weighted by molar-refractivity contribution is 5.96. The molecule has 0 aromatic heterocycles. The molecule has 1 fully saturated rings. The number of carbonyl (C=O) groups is 1. The molecule has 0 atom stereocenters. The second-order valence-corrected chi connectivity index (χ2v) is 4.57. The third kappa shape index (κ3) is 3.34. The molecule has 0 spiro atoms. The van der Waals surface area contributed by atoms with Gasteiger partial charge in [0.1, 0.15) is 0 Å². The van der Waals surface area contributed by atoms with E-state index in [4.69, 9.17) is 5.73 Å². The van der Waals surface area contributed by atoms with Crippen molar-refractivity contribution in [1.29, 1.82) is 0 Å². The van der Waals surface area contributed by atoms with Crippen LogP contribution in [0.25, 0.3) is 0 Å². The van der Waals surface area contributed by atoms with Crippen LogP contribution in [-0.2, 0) is 0 Å². The van der Waals surface area contributed by atoms with Gasteiger partial charge in [0.15, 0.2) is 0 Å². The third-order valence-electron chi connectivity index (χ3n) is 3.23. The van der Waals surface area contributed by atoms with E-state index in [0.717, 1.165) is 0 Å². The maximum absolute atomic E-state index is 12.4. The number of amides is 1. The smallest absolute Gasteiger partial charge is 0.255 e. The van der Waals surface area contributed by atoms with Crippen LogP contribution < -0.4 is 5.73 Å². The highest BCUT2D eigenvalue weighted by Crippen LogP contribution is 2.16. The second kappa shape index (κ2) is 6.37. The fourth-order valence-electron chi connectivity index (χ4n) is 2.16. The summed E-state index contributed by atoms with van der Waals surface area (Å²) in [6.45, 7) is 1.47. The molecule has 2 rings (SSSR count). The topological polar surface area (TPSA) is 66.6 Å². The summed E-state index contributed by atoms with van der Waals surface area (Å²) >= 11 is 0. The van der Waals surface area contributed by atoms with E-state index in [1.165, 1.54) is 0 Å². The van der Waals surface area contributed by atoms with Gasteiger partial charge in [0, 0.05) is 18.7 Å². The number of nitrogens with two attached hydrogens (primary N) is 1. The Balaban J connectivity index is 2.19. The molecule has 0 aliphatic carbocycles. The minimum absolute atomic E-state index is 0.0196. The molecule has 1 aromatic carbocycles. The lowest BCUT2D eigenvalue weighted by Gasteiger charge is -2.29. The van der Waals surface area contributed by atoms with Gasteiger partial charge in [-0.1, -0.05) is 24.0 Å². The first-order chi connectivity index (χ1) is 9.22. The minimum Gasteiger partial charge on any atom is -0.393 e. The molecule has 1 saturated heterocycles. The van der Waals surface area contributed by atoms with E-state index in [1.54, 1.807) is 11.0 Å². The van der Waals surface area contributed by atoms with Gasteiger partial charge in [0.25, 0.3) is 5.91 Å². The van der Waals surface area contributed by atoms with Gasteiger partial charge >= 0.3 is 0 Å². The summed E-state index contributed by atoms with van der Waals surface area (Å²) in [7, 11) is 0. The molecule has 1 aromatic rings. The molecule has 0 bridgehead atoms. The molecular weight excluding hydrogens is 240 g/mol. The molecule has 3 N–H and O–H groups in total. The Morgan fingerprint density at radius 2 is 2.05 bits per heavy atom. The van der Waals surface area contributed by atoms with Crippen LogP contribution in [0, 0.1) is 11.8 Å². The summed E-state index contributed by atoms with van der Waals surface area (Å²) in [5.41, 5.74) is 6.69. The SMILES string of the molecule is NCC#Cc1ccccc1C(=O)N1CCC(O)CC1. The zero-order valence-electron chi connectivity index (χ0n) is 10.8. The number of hydrogen-bond acceptors (Lipinski definition) is 3. The Bertz CT molecular complexity index is 508. The molecule has 19 heavy (non-hydrogen) atoms. The van der Waals surface area contributed by atoms with Gasteiger partial charge in [-0.05, 0) is 25.0 Å². The van der Waals surface area contributed by atoms with Crippen LogP contribution in [0.5, 0.6) is 0 Å². The Labute approximate surface area is 113 Å². The van der Waals surface area contributed by atoms with E-state index in [9.17, 15) is 9.90 Å². The molecule has 1 aliphatic rings. The molecule has 0 radical (unpaired) electrons. The highest BCUT2D eigenvalue weighted by atomic mass is 16.3. The van der Waals surface area contributed by atoms with E-state index in [2.05, 4.69) is 11.8 Å². The van der Waals surface area contributed by atoms with Gasteiger partial charge < -0.3 is 15.7 Å². The zero-order chi connectivity index (χ0) is 13.7. The average Bonchev–Trinajstić information content (AvgIpc) is 2.45. The number of piperidine rings is 1. The quantitative estimate of drug-likeness (QED) is 0.725. The zero-order valence-corrected chi connectivity index (χ0v) is 10.8. The molecule has 1 amide bonds. The summed E-state index contributed by atoms with van der Waals surface area (Å²) in [6.07, 6.45) is 1.00. The standard InChI is InChI=1S/C15H18N2O2/c16-9-3-5-12-4-1-2-6-14(12)15(19)17-10-7-13(18)8-11-17/h1-2,4,6,13,18H,7-11,16H2. The summed E-state index contributed by atoms with van der Waals surface area (Å²) < 4.78 is 0. The number of rotatable bonds is 1. The summed E-state index contributed by atoms with van der Waals surface area (Å²) in [6, 6.07) is 7.31. The normalized spacial score (nSPS) is 15.8. The van der Waals surface area contributed by atoms with Gasteiger partial charge in [-0.25, -0.2) is 0 Å². The predicted molar refractivity (Wildman–Crippen MR) is 73.5 cm³/mol. The minimum atomic E-state index is -0.281. The molecule has 1 aliphatic heterocycles. The first-order valence-electron chi connectivity index (χ1n) is 6.47. The third-order valence-corrected chi connectivity index (χ3v) is 3.23. The molecule has 4 nitrogen and oxygen atoms in total. The van der Waals surface area contributed by atoms with Crippen LogP contribution in [0.15, 0.2) is 24.3 Å². The Morgan fingerprint density at radius 3 is 2.74 bits per heavy atom. The van der Waals surface area contributed by atoms with Gasteiger partial charge in [-0.3, -0.25) is 4.79 Å². The lowest BCUT2D eigenvalue weighted by molar-refractivity contribution is 0.0546. The Hall–Kier alpha value is -1.83. The molecule has 0 saturated carbocycles. The number of benzene rings is 1. The summed E-state index contributed by atoms with van der Waals surface area (Å²) in [5, 5.41) is 9.48. The number of nitrogens with zero attached hydrogens (tertiary/aromatic N) is 1. The van der Waals surface area contributed by atoms with Gasteiger partial charge in [0.2, 0.25) is 0 Å². The van der Waals surface area contributed by atoms with E-state index < -0.39 is 0 Å². The molecule has 4 heteroatoms. The van der Waals surface area contributed by atoms with E-state index in [-0.39, 0.29) is 18.6 Å². The average molecular weight is 258 g/mol. The van der Waals surface area contributed by atoms with Crippen LogP contribution in [0.2, 0.25) is 0 Å². The lowest BCUT2D eigenvalue weighted by atomic mass is 10.0. The van der Waals surface area contributed by atoms with Crippen LogP contribution in [0.4, 0.5) is 0 Å². The molecule has 1 heterocycles. The van der Waals surface area contributed by atoms with Crippen molar-refractivity contribution in [3.05, 3.63) is 35.4 Å². The van der Waals surface area contributed by atoms with Crippen molar-refractivity contribution in [3.8, 4) is 11.8 Å². The van der Waals surface area contributed by atoms with Crippen molar-refractivity contribution in [2.24, 2.45) is 5.73 Å². The Kier molecular flexibility index (Phi) is 4.56. The van der Waals surface area contributed by atoms with E-state index in [1.807, 2.05) is 18.2 Å². The van der Waals surface area contributed by atoms with Gasteiger partial charge in [-0.15, -0.1) is 0 Å². The van der Waals surface area contributed by atoms with Crippen LogP contribution >= 0.6 is 0 Å². The molecular formula is C15H18N2O2.